The van der Waals surface area contributed by atoms with E-state index < -0.39 is 0 Å². The van der Waals surface area contributed by atoms with Crippen molar-refractivity contribution in [2.75, 3.05) is 19.6 Å². The Morgan fingerprint density at radius 3 is 2.44 bits per heavy atom. The van der Waals surface area contributed by atoms with Crippen molar-refractivity contribution in [3.63, 3.8) is 0 Å². The molecule has 2 heterocycles. The molecule has 2 aliphatic heterocycles. The molecule has 2 aliphatic rings. The summed E-state index contributed by atoms with van der Waals surface area (Å²) in [5, 5.41) is 0.616. The van der Waals surface area contributed by atoms with Crippen molar-refractivity contribution in [1.29, 1.82) is 0 Å². The number of fused-ring (bicyclic) bond motifs is 1. The molecule has 0 radical (unpaired) electrons. The van der Waals surface area contributed by atoms with Crippen LogP contribution in [0.15, 0.2) is 48.5 Å². The molecule has 0 spiro atoms. The number of rotatable bonds is 2. The van der Waals surface area contributed by atoms with Gasteiger partial charge < -0.3 is 9.80 Å². The second-order valence-corrected chi connectivity index (χ2v) is 8.03. The molecule has 140 valence electrons. The molecule has 2 aromatic carbocycles. The molecule has 2 saturated heterocycles. The third-order valence-electron chi connectivity index (χ3n) is 5.92. The summed E-state index contributed by atoms with van der Waals surface area (Å²) in [6.45, 7) is 5.62. The van der Waals surface area contributed by atoms with Gasteiger partial charge in [-0.3, -0.25) is 9.59 Å². The van der Waals surface area contributed by atoms with E-state index in [0.29, 0.717) is 36.1 Å². The number of aryl methyl sites for hydroxylation is 1. The quantitative estimate of drug-likeness (QED) is 0.789. The van der Waals surface area contributed by atoms with Crippen molar-refractivity contribution in [3.05, 3.63) is 70.2 Å². The molecule has 0 unspecified atom stereocenters. The zero-order valence-corrected chi connectivity index (χ0v) is 16.3. The topological polar surface area (TPSA) is 40.6 Å². The molecule has 0 aromatic heterocycles. The van der Waals surface area contributed by atoms with Gasteiger partial charge in [-0.25, -0.2) is 0 Å². The van der Waals surface area contributed by atoms with Gasteiger partial charge in [0.25, 0.3) is 5.91 Å². The summed E-state index contributed by atoms with van der Waals surface area (Å²) in [7, 11) is 0. The van der Waals surface area contributed by atoms with Gasteiger partial charge in [-0.2, -0.15) is 0 Å². The number of likely N-dealkylation sites (tertiary alicyclic amines) is 2. The second kappa shape index (κ2) is 7.01. The summed E-state index contributed by atoms with van der Waals surface area (Å²) >= 11 is 6.20. The third kappa shape index (κ3) is 3.23. The average molecular weight is 383 g/mol. The van der Waals surface area contributed by atoms with Crippen molar-refractivity contribution < 1.29 is 9.59 Å². The SMILES string of the molecule is CC(=O)N1C[C@H]2CN(C(=O)c3ccc(C)c(Cl)c3)C[C@H]2[C@@H]1c1ccccc1. The molecular formula is C22H23ClN2O2. The van der Waals surface area contributed by atoms with E-state index in [1.54, 1.807) is 13.0 Å². The van der Waals surface area contributed by atoms with Crippen LogP contribution in [0.4, 0.5) is 0 Å². The molecule has 3 atom stereocenters. The van der Waals surface area contributed by atoms with Crippen LogP contribution >= 0.6 is 11.6 Å². The fraction of sp³-hybridized carbons (Fsp3) is 0.364. The lowest BCUT2D eigenvalue weighted by Crippen LogP contribution is -2.36. The van der Waals surface area contributed by atoms with Crippen LogP contribution < -0.4 is 0 Å². The molecule has 5 heteroatoms. The number of carbonyl (C=O) groups is 2. The molecule has 0 bridgehead atoms. The fourth-order valence-corrected chi connectivity index (χ4v) is 4.70. The monoisotopic (exact) mass is 382 g/mol. The number of carbonyl (C=O) groups excluding carboxylic acids is 2. The molecule has 4 nitrogen and oxygen atoms in total. The van der Waals surface area contributed by atoms with E-state index >= 15 is 0 Å². The molecule has 27 heavy (non-hydrogen) atoms. The lowest BCUT2D eigenvalue weighted by Gasteiger charge is -2.29. The first-order valence-electron chi connectivity index (χ1n) is 9.33. The van der Waals surface area contributed by atoms with Crippen LogP contribution in [0.25, 0.3) is 0 Å². The normalized spacial score (nSPS) is 24.2. The van der Waals surface area contributed by atoms with Gasteiger partial charge in [0.1, 0.15) is 0 Å². The summed E-state index contributed by atoms with van der Waals surface area (Å²) < 4.78 is 0. The van der Waals surface area contributed by atoms with E-state index in [1.165, 1.54) is 0 Å². The molecule has 0 aliphatic carbocycles. The van der Waals surface area contributed by atoms with Gasteiger partial charge in [-0.1, -0.05) is 48.0 Å². The number of nitrogens with zero attached hydrogens (tertiary/aromatic N) is 2. The van der Waals surface area contributed by atoms with Crippen LogP contribution in [0.3, 0.4) is 0 Å². The van der Waals surface area contributed by atoms with Crippen LogP contribution in [0.2, 0.25) is 5.02 Å². The Hall–Kier alpha value is -2.33. The fourth-order valence-electron chi connectivity index (χ4n) is 4.52. The minimum atomic E-state index is 0.0208. The van der Waals surface area contributed by atoms with Gasteiger partial charge in [0.2, 0.25) is 5.91 Å². The van der Waals surface area contributed by atoms with Crippen LogP contribution in [-0.4, -0.2) is 41.2 Å². The van der Waals surface area contributed by atoms with Crippen molar-refractivity contribution in [3.8, 4) is 0 Å². The Kier molecular flexibility index (Phi) is 4.68. The van der Waals surface area contributed by atoms with Crippen molar-refractivity contribution in [1.82, 2.24) is 9.80 Å². The first kappa shape index (κ1) is 18.1. The highest BCUT2D eigenvalue weighted by Crippen LogP contribution is 2.45. The molecule has 2 fully saturated rings. The Morgan fingerprint density at radius 2 is 1.78 bits per heavy atom. The van der Waals surface area contributed by atoms with E-state index in [9.17, 15) is 9.59 Å². The van der Waals surface area contributed by atoms with Gasteiger partial charge in [-0.15, -0.1) is 0 Å². The zero-order chi connectivity index (χ0) is 19.1. The maximum Gasteiger partial charge on any atom is 0.253 e. The van der Waals surface area contributed by atoms with Crippen LogP contribution in [0, 0.1) is 18.8 Å². The standard InChI is InChI=1S/C22H23ClN2O2/c1-14-8-9-17(10-20(14)23)22(27)24-11-18-12-25(15(2)26)21(19(18)13-24)16-6-4-3-5-7-16/h3-10,18-19,21H,11-13H2,1-2H3/t18-,19-,21+/m1/s1. The lowest BCUT2D eigenvalue weighted by atomic mass is 9.89. The molecule has 2 amide bonds. The van der Waals surface area contributed by atoms with Crippen LogP contribution in [0.1, 0.15) is 34.5 Å². The third-order valence-corrected chi connectivity index (χ3v) is 6.32. The highest BCUT2D eigenvalue weighted by atomic mass is 35.5. The largest absolute Gasteiger partial charge is 0.338 e. The van der Waals surface area contributed by atoms with Gasteiger partial charge in [0.05, 0.1) is 6.04 Å². The van der Waals surface area contributed by atoms with Gasteiger partial charge >= 0.3 is 0 Å². The Morgan fingerprint density at radius 1 is 1.04 bits per heavy atom. The van der Waals surface area contributed by atoms with E-state index in [2.05, 4.69) is 12.1 Å². The Balaban J connectivity index is 1.58. The predicted octanol–water partition coefficient (Wildman–Crippen LogP) is 3.94. The molecular weight excluding hydrogens is 360 g/mol. The molecule has 2 aromatic rings. The molecule has 4 rings (SSSR count). The molecule has 0 saturated carbocycles. The summed E-state index contributed by atoms with van der Waals surface area (Å²) in [4.78, 5) is 29.1. The number of benzene rings is 2. The summed E-state index contributed by atoms with van der Waals surface area (Å²) in [6.07, 6.45) is 0. The van der Waals surface area contributed by atoms with E-state index in [0.717, 1.165) is 11.1 Å². The number of amides is 2. The smallest absolute Gasteiger partial charge is 0.253 e. The van der Waals surface area contributed by atoms with Gasteiger partial charge in [-0.05, 0) is 30.2 Å². The van der Waals surface area contributed by atoms with Crippen molar-refractivity contribution in [2.24, 2.45) is 11.8 Å². The van der Waals surface area contributed by atoms with E-state index in [4.69, 9.17) is 11.6 Å². The summed E-state index contributed by atoms with van der Waals surface area (Å²) in [5.41, 5.74) is 2.74. The lowest BCUT2D eigenvalue weighted by molar-refractivity contribution is -0.130. The van der Waals surface area contributed by atoms with E-state index in [1.807, 2.05) is 47.1 Å². The molecule has 0 N–H and O–H groups in total. The maximum absolute atomic E-state index is 13.0. The van der Waals surface area contributed by atoms with Gasteiger partial charge in [0, 0.05) is 49.0 Å². The second-order valence-electron chi connectivity index (χ2n) is 7.62. The predicted molar refractivity (Wildman–Crippen MR) is 106 cm³/mol. The summed E-state index contributed by atoms with van der Waals surface area (Å²) in [6, 6.07) is 15.7. The Bertz CT molecular complexity index is 883. The van der Waals surface area contributed by atoms with Crippen LogP contribution in [0.5, 0.6) is 0 Å². The number of hydrogen-bond donors (Lipinski definition) is 0. The minimum absolute atomic E-state index is 0.0208. The highest BCUT2D eigenvalue weighted by Gasteiger charge is 2.49. The average Bonchev–Trinajstić information content (AvgIpc) is 3.22. The van der Waals surface area contributed by atoms with Crippen molar-refractivity contribution in [2.45, 2.75) is 19.9 Å². The summed E-state index contributed by atoms with van der Waals surface area (Å²) in [5.74, 6) is 0.694. The minimum Gasteiger partial charge on any atom is -0.338 e. The van der Waals surface area contributed by atoms with Crippen LogP contribution in [-0.2, 0) is 4.79 Å². The van der Waals surface area contributed by atoms with Gasteiger partial charge in [0.15, 0.2) is 0 Å². The Labute approximate surface area is 164 Å². The highest BCUT2D eigenvalue weighted by molar-refractivity contribution is 6.31. The maximum atomic E-state index is 13.0. The first-order valence-corrected chi connectivity index (χ1v) is 9.71. The van der Waals surface area contributed by atoms with E-state index in [-0.39, 0.29) is 23.8 Å². The first-order chi connectivity index (χ1) is 13.0. The van der Waals surface area contributed by atoms with Crippen molar-refractivity contribution >= 4 is 23.4 Å². The zero-order valence-electron chi connectivity index (χ0n) is 15.6. The number of halogens is 1. The number of hydrogen-bond acceptors (Lipinski definition) is 2.